The first kappa shape index (κ1) is 11.4. The molecule has 0 radical (unpaired) electrons. The van der Waals surface area contributed by atoms with Gasteiger partial charge in [0.25, 0.3) is 0 Å². The van der Waals surface area contributed by atoms with Crippen LogP contribution in [0.2, 0.25) is 0 Å². The Hall–Kier alpha value is -1.13. The van der Waals surface area contributed by atoms with Gasteiger partial charge < -0.3 is 4.74 Å². The van der Waals surface area contributed by atoms with Gasteiger partial charge in [-0.3, -0.25) is 5.10 Å². The maximum Gasteiger partial charge on any atom is 0.0876 e. The maximum atomic E-state index is 5.50. The van der Waals surface area contributed by atoms with E-state index in [4.69, 9.17) is 4.74 Å². The molecule has 2 aromatic rings. The fraction of sp³-hybridized carbons (Fsp3) is 0.250. The van der Waals surface area contributed by atoms with Crippen molar-refractivity contribution in [3.05, 3.63) is 52.3 Å². The number of nitrogens with zero attached hydrogens (tertiary/aromatic N) is 1. The number of nitrogens with one attached hydrogen (secondary N) is 1. The van der Waals surface area contributed by atoms with Crippen LogP contribution in [0.25, 0.3) is 0 Å². The average Bonchev–Trinajstić information content (AvgIpc) is 2.73. The van der Waals surface area contributed by atoms with Crippen LogP contribution in [0.5, 0.6) is 0 Å². The Labute approximate surface area is 103 Å². The lowest BCUT2D eigenvalue weighted by atomic mass is 10.1. The molecular formula is C12H13BrN2O. The van der Waals surface area contributed by atoms with Crippen LogP contribution < -0.4 is 0 Å². The van der Waals surface area contributed by atoms with Crippen LogP contribution in [-0.2, 0) is 11.2 Å². The molecule has 0 amide bonds. The number of ether oxygens (including phenoxy) is 1. The molecule has 2 rings (SSSR count). The van der Waals surface area contributed by atoms with E-state index in [0.717, 1.165) is 16.6 Å². The summed E-state index contributed by atoms with van der Waals surface area (Å²) in [6.45, 7) is 0. The van der Waals surface area contributed by atoms with Gasteiger partial charge in [0.05, 0.1) is 22.5 Å². The molecule has 0 aliphatic heterocycles. The van der Waals surface area contributed by atoms with Crippen molar-refractivity contribution in [2.24, 2.45) is 0 Å². The van der Waals surface area contributed by atoms with Crippen LogP contribution >= 0.6 is 15.9 Å². The molecule has 1 atom stereocenters. The second-order valence-corrected chi connectivity index (χ2v) is 4.39. The van der Waals surface area contributed by atoms with Crippen molar-refractivity contribution in [2.45, 2.75) is 12.5 Å². The number of hydrogen-bond donors (Lipinski definition) is 1. The lowest BCUT2D eigenvalue weighted by molar-refractivity contribution is 0.103. The lowest BCUT2D eigenvalue weighted by Crippen LogP contribution is -2.05. The number of hydrogen-bond acceptors (Lipinski definition) is 2. The highest BCUT2D eigenvalue weighted by Crippen LogP contribution is 2.24. The molecule has 1 N–H and O–H groups in total. The molecule has 16 heavy (non-hydrogen) atoms. The van der Waals surface area contributed by atoms with Crippen molar-refractivity contribution in [1.82, 2.24) is 10.2 Å². The summed E-state index contributed by atoms with van der Waals surface area (Å²) in [7, 11) is 1.72. The van der Waals surface area contributed by atoms with Crippen molar-refractivity contribution in [1.29, 1.82) is 0 Å². The van der Waals surface area contributed by atoms with Gasteiger partial charge in [-0.15, -0.1) is 0 Å². The van der Waals surface area contributed by atoms with E-state index in [9.17, 15) is 0 Å². The van der Waals surface area contributed by atoms with E-state index >= 15 is 0 Å². The molecule has 0 aliphatic carbocycles. The largest absolute Gasteiger partial charge is 0.376 e. The molecule has 3 nitrogen and oxygen atoms in total. The molecule has 4 heteroatoms. The van der Waals surface area contributed by atoms with Gasteiger partial charge >= 0.3 is 0 Å². The van der Waals surface area contributed by atoms with E-state index < -0.39 is 0 Å². The SMILES string of the molecule is CO[C@H](Cc1[nH]ncc1Br)c1ccccc1. The molecule has 0 saturated heterocycles. The second-order valence-electron chi connectivity index (χ2n) is 3.54. The van der Waals surface area contributed by atoms with Crippen LogP contribution in [0.4, 0.5) is 0 Å². The summed E-state index contributed by atoms with van der Waals surface area (Å²) in [6.07, 6.45) is 2.59. The quantitative estimate of drug-likeness (QED) is 0.935. The molecule has 0 bridgehead atoms. The predicted molar refractivity (Wildman–Crippen MR) is 66.2 cm³/mol. The highest BCUT2D eigenvalue weighted by molar-refractivity contribution is 9.10. The molecule has 0 saturated carbocycles. The highest BCUT2D eigenvalue weighted by atomic mass is 79.9. The molecule has 0 spiro atoms. The van der Waals surface area contributed by atoms with Gasteiger partial charge in [0.15, 0.2) is 0 Å². The van der Waals surface area contributed by atoms with E-state index in [1.54, 1.807) is 13.3 Å². The van der Waals surface area contributed by atoms with Crippen LogP contribution in [0.3, 0.4) is 0 Å². The Morgan fingerprint density at radius 2 is 2.12 bits per heavy atom. The zero-order valence-electron chi connectivity index (χ0n) is 8.98. The van der Waals surface area contributed by atoms with Crippen LogP contribution in [-0.4, -0.2) is 17.3 Å². The molecule has 1 heterocycles. The number of aromatic amines is 1. The van der Waals surface area contributed by atoms with Crippen molar-refractivity contribution < 1.29 is 4.74 Å². The summed E-state index contributed by atoms with van der Waals surface area (Å²) in [5, 5.41) is 6.94. The van der Waals surface area contributed by atoms with Gasteiger partial charge in [-0.05, 0) is 21.5 Å². The Kier molecular flexibility index (Phi) is 3.74. The highest BCUT2D eigenvalue weighted by Gasteiger charge is 2.13. The molecule has 0 aliphatic rings. The standard InChI is InChI=1S/C12H13BrN2O/c1-16-12(9-5-3-2-4-6-9)7-11-10(13)8-14-15-11/h2-6,8,12H,7H2,1H3,(H,14,15)/t12-/m1/s1. The fourth-order valence-electron chi connectivity index (χ4n) is 1.63. The number of methoxy groups -OCH3 is 1. The molecular weight excluding hydrogens is 268 g/mol. The van der Waals surface area contributed by atoms with Gasteiger partial charge in [-0.2, -0.15) is 5.10 Å². The van der Waals surface area contributed by atoms with Gasteiger partial charge in [0.1, 0.15) is 0 Å². The summed E-state index contributed by atoms with van der Waals surface area (Å²) in [4.78, 5) is 0. The van der Waals surface area contributed by atoms with Crippen molar-refractivity contribution >= 4 is 15.9 Å². The number of H-pyrrole nitrogens is 1. The molecule has 0 unspecified atom stereocenters. The van der Waals surface area contributed by atoms with Crippen LogP contribution in [0, 0.1) is 0 Å². The van der Waals surface area contributed by atoms with E-state index in [1.165, 1.54) is 5.56 Å². The first-order valence-corrected chi connectivity index (χ1v) is 5.86. The minimum absolute atomic E-state index is 0.0537. The van der Waals surface area contributed by atoms with Gasteiger partial charge in [-0.25, -0.2) is 0 Å². The fourth-order valence-corrected chi connectivity index (χ4v) is 1.98. The lowest BCUT2D eigenvalue weighted by Gasteiger charge is -2.14. The maximum absolute atomic E-state index is 5.50. The van der Waals surface area contributed by atoms with E-state index in [2.05, 4.69) is 38.3 Å². The summed E-state index contributed by atoms with van der Waals surface area (Å²) >= 11 is 3.45. The molecule has 1 aromatic heterocycles. The number of halogens is 1. The van der Waals surface area contributed by atoms with Crippen molar-refractivity contribution in [2.75, 3.05) is 7.11 Å². The average molecular weight is 281 g/mol. The smallest absolute Gasteiger partial charge is 0.0876 e. The Morgan fingerprint density at radius 3 is 2.69 bits per heavy atom. The second kappa shape index (κ2) is 5.27. The van der Waals surface area contributed by atoms with Crippen molar-refractivity contribution in [3.63, 3.8) is 0 Å². The minimum atomic E-state index is 0.0537. The predicted octanol–water partition coefficient (Wildman–Crippen LogP) is 3.10. The van der Waals surface area contributed by atoms with E-state index in [-0.39, 0.29) is 6.10 Å². The third kappa shape index (κ3) is 2.51. The summed E-state index contributed by atoms with van der Waals surface area (Å²) in [5.74, 6) is 0. The zero-order chi connectivity index (χ0) is 11.4. The van der Waals surface area contributed by atoms with Crippen molar-refractivity contribution in [3.8, 4) is 0 Å². The van der Waals surface area contributed by atoms with E-state index in [0.29, 0.717) is 0 Å². The first-order chi connectivity index (χ1) is 7.81. The monoisotopic (exact) mass is 280 g/mol. The molecule has 1 aromatic carbocycles. The molecule has 0 fully saturated rings. The summed E-state index contributed by atoms with van der Waals surface area (Å²) < 4.78 is 6.49. The normalized spacial score (nSPS) is 12.6. The van der Waals surface area contributed by atoms with Crippen LogP contribution in [0.15, 0.2) is 41.0 Å². The van der Waals surface area contributed by atoms with Gasteiger partial charge in [-0.1, -0.05) is 30.3 Å². The van der Waals surface area contributed by atoms with E-state index in [1.807, 2.05) is 18.2 Å². The zero-order valence-corrected chi connectivity index (χ0v) is 10.6. The minimum Gasteiger partial charge on any atom is -0.376 e. The first-order valence-electron chi connectivity index (χ1n) is 5.06. The number of aromatic nitrogens is 2. The number of rotatable bonds is 4. The summed E-state index contributed by atoms with van der Waals surface area (Å²) in [5.41, 5.74) is 2.22. The topological polar surface area (TPSA) is 37.9 Å². The molecule has 84 valence electrons. The van der Waals surface area contributed by atoms with Crippen LogP contribution in [0.1, 0.15) is 17.4 Å². The third-order valence-electron chi connectivity index (χ3n) is 2.51. The van der Waals surface area contributed by atoms with Gasteiger partial charge in [0.2, 0.25) is 0 Å². The number of benzene rings is 1. The Morgan fingerprint density at radius 1 is 1.38 bits per heavy atom. The Balaban J connectivity index is 2.16. The Bertz CT molecular complexity index is 441. The third-order valence-corrected chi connectivity index (χ3v) is 3.19. The summed E-state index contributed by atoms with van der Waals surface area (Å²) in [6, 6.07) is 10.2. The van der Waals surface area contributed by atoms with Gasteiger partial charge in [0, 0.05) is 13.5 Å².